The van der Waals surface area contributed by atoms with Crippen molar-refractivity contribution >= 4 is 10.0 Å². The van der Waals surface area contributed by atoms with E-state index in [9.17, 15) is 17.9 Å². The molecule has 0 aromatic carbocycles. The number of hydrogen-bond donors (Lipinski definition) is 1. The lowest BCUT2D eigenvalue weighted by molar-refractivity contribution is -0.0105. The van der Waals surface area contributed by atoms with Crippen LogP contribution in [0, 0.1) is 5.41 Å². The molecule has 1 saturated heterocycles. The average Bonchev–Trinajstić information content (AvgIpc) is 2.76. The van der Waals surface area contributed by atoms with Crippen molar-refractivity contribution in [2.75, 3.05) is 33.0 Å². The van der Waals surface area contributed by atoms with Crippen molar-refractivity contribution in [3.8, 4) is 0 Å². The summed E-state index contributed by atoms with van der Waals surface area (Å²) in [4.78, 5) is 1.95. The standard InChI is InChI=1S/C18H37FN2O4S/c1-13(2)25-11-16(20(7)26(8,23)24)17(3,4)12-18(5,6)21-9-14(19)15(22)10-21/h13-16,22H,9-12H2,1-8H3. The van der Waals surface area contributed by atoms with Crippen molar-refractivity contribution in [2.45, 2.75) is 77.9 Å². The maximum absolute atomic E-state index is 13.8. The molecular weight excluding hydrogens is 359 g/mol. The zero-order chi connectivity index (χ0) is 20.5. The number of nitrogens with zero attached hydrogens (tertiary/aromatic N) is 2. The van der Waals surface area contributed by atoms with Gasteiger partial charge >= 0.3 is 0 Å². The highest BCUT2D eigenvalue weighted by atomic mass is 32.2. The Morgan fingerprint density at radius 2 is 1.81 bits per heavy atom. The number of likely N-dealkylation sites (tertiary alicyclic amines) is 1. The molecule has 26 heavy (non-hydrogen) atoms. The first-order chi connectivity index (χ1) is 11.6. The highest BCUT2D eigenvalue weighted by molar-refractivity contribution is 7.88. The van der Waals surface area contributed by atoms with Crippen LogP contribution in [0.15, 0.2) is 0 Å². The summed E-state index contributed by atoms with van der Waals surface area (Å²) < 4.78 is 45.2. The van der Waals surface area contributed by atoms with E-state index >= 15 is 0 Å². The number of alkyl halides is 1. The van der Waals surface area contributed by atoms with Crippen molar-refractivity contribution in [3.05, 3.63) is 0 Å². The van der Waals surface area contributed by atoms with Crippen LogP contribution in [-0.4, -0.2) is 85.7 Å². The molecule has 8 heteroatoms. The Labute approximate surface area is 158 Å². The lowest BCUT2D eigenvalue weighted by atomic mass is 9.74. The predicted molar refractivity (Wildman–Crippen MR) is 102 cm³/mol. The van der Waals surface area contributed by atoms with Crippen LogP contribution in [0.3, 0.4) is 0 Å². The number of ether oxygens (including phenoxy) is 1. The number of sulfonamides is 1. The number of aliphatic hydroxyl groups is 1. The van der Waals surface area contributed by atoms with E-state index < -0.39 is 27.7 Å². The van der Waals surface area contributed by atoms with Crippen LogP contribution < -0.4 is 0 Å². The molecular formula is C18H37FN2O4S. The Morgan fingerprint density at radius 1 is 1.27 bits per heavy atom. The molecule has 1 rings (SSSR count). The Kier molecular flexibility index (Phi) is 7.67. The van der Waals surface area contributed by atoms with Crippen LogP contribution in [-0.2, 0) is 14.8 Å². The summed E-state index contributed by atoms with van der Waals surface area (Å²) in [6, 6.07) is -0.354. The third-order valence-corrected chi connectivity index (χ3v) is 6.72. The van der Waals surface area contributed by atoms with Gasteiger partial charge in [-0.25, -0.2) is 12.8 Å². The van der Waals surface area contributed by atoms with Gasteiger partial charge in [0.15, 0.2) is 0 Å². The molecule has 0 bridgehead atoms. The van der Waals surface area contributed by atoms with Gasteiger partial charge in [0.25, 0.3) is 0 Å². The molecule has 3 unspecified atom stereocenters. The van der Waals surface area contributed by atoms with E-state index in [1.54, 1.807) is 7.05 Å². The fourth-order valence-corrected chi connectivity index (χ4v) is 4.73. The van der Waals surface area contributed by atoms with Crippen LogP contribution in [0.1, 0.15) is 48.0 Å². The monoisotopic (exact) mass is 396 g/mol. The molecule has 0 aliphatic carbocycles. The van der Waals surface area contributed by atoms with Gasteiger partial charge < -0.3 is 9.84 Å². The molecule has 156 valence electrons. The summed E-state index contributed by atoms with van der Waals surface area (Å²) in [5.41, 5.74) is -0.810. The van der Waals surface area contributed by atoms with Gasteiger partial charge in [-0.3, -0.25) is 4.90 Å². The molecule has 6 nitrogen and oxygen atoms in total. The molecule has 3 atom stereocenters. The summed E-state index contributed by atoms with van der Waals surface area (Å²) in [6.45, 7) is 12.7. The van der Waals surface area contributed by atoms with E-state index in [1.165, 1.54) is 10.6 Å². The Hall–Kier alpha value is -0.280. The second-order valence-electron chi connectivity index (χ2n) is 9.14. The lowest BCUT2D eigenvalue weighted by Crippen LogP contribution is -2.54. The molecule has 0 spiro atoms. The van der Waals surface area contributed by atoms with Crippen LogP contribution in [0.2, 0.25) is 0 Å². The maximum atomic E-state index is 13.8. The normalized spacial score (nSPS) is 24.6. The number of β-amino-alcohol motifs (C(OH)–C–C–N with tert-alkyl or cyclic N) is 1. The number of aliphatic hydroxyl groups excluding tert-OH is 1. The highest BCUT2D eigenvalue weighted by Crippen LogP contribution is 2.39. The first-order valence-electron chi connectivity index (χ1n) is 9.19. The number of likely N-dealkylation sites (N-methyl/N-ethyl adjacent to an activating group) is 1. The van der Waals surface area contributed by atoms with Crippen molar-refractivity contribution in [1.29, 1.82) is 0 Å². The smallest absolute Gasteiger partial charge is 0.211 e. The molecule has 1 fully saturated rings. The average molecular weight is 397 g/mol. The van der Waals surface area contributed by atoms with E-state index in [2.05, 4.69) is 0 Å². The fraction of sp³-hybridized carbons (Fsp3) is 1.00. The summed E-state index contributed by atoms with van der Waals surface area (Å²) >= 11 is 0. The topological polar surface area (TPSA) is 70.1 Å². The zero-order valence-electron chi connectivity index (χ0n) is 17.5. The van der Waals surface area contributed by atoms with Crippen LogP contribution in [0.4, 0.5) is 4.39 Å². The van der Waals surface area contributed by atoms with Crippen molar-refractivity contribution in [2.24, 2.45) is 5.41 Å². The fourth-order valence-electron chi connectivity index (χ4n) is 3.92. The Balaban J connectivity index is 3.03. The summed E-state index contributed by atoms with van der Waals surface area (Å²) in [6.07, 6.45) is -0.380. The molecule has 1 heterocycles. The first kappa shape index (κ1) is 23.8. The van der Waals surface area contributed by atoms with Crippen molar-refractivity contribution < 1.29 is 22.7 Å². The molecule has 1 aliphatic heterocycles. The van der Waals surface area contributed by atoms with E-state index in [4.69, 9.17) is 4.74 Å². The SMILES string of the molecule is CC(C)OCC(N(C)S(C)(=O)=O)C(C)(C)CC(C)(C)N1CC(O)C(F)C1. The molecule has 0 radical (unpaired) electrons. The van der Waals surface area contributed by atoms with Gasteiger partial charge in [-0.1, -0.05) is 13.8 Å². The molecule has 0 amide bonds. The van der Waals surface area contributed by atoms with Gasteiger partial charge in [-0.15, -0.1) is 0 Å². The van der Waals surface area contributed by atoms with Crippen LogP contribution in [0.25, 0.3) is 0 Å². The van der Waals surface area contributed by atoms with E-state index in [0.717, 1.165) is 0 Å². The van der Waals surface area contributed by atoms with Crippen molar-refractivity contribution in [3.63, 3.8) is 0 Å². The number of halogens is 1. The molecule has 0 saturated carbocycles. The second-order valence-corrected chi connectivity index (χ2v) is 11.2. The quantitative estimate of drug-likeness (QED) is 0.644. The van der Waals surface area contributed by atoms with Gasteiger partial charge in [0, 0.05) is 25.7 Å². The lowest BCUT2D eigenvalue weighted by Gasteiger charge is -2.46. The van der Waals surface area contributed by atoms with E-state index in [0.29, 0.717) is 19.6 Å². The van der Waals surface area contributed by atoms with Gasteiger partial charge in [-0.05, 0) is 39.5 Å². The molecule has 0 aromatic rings. The second kappa shape index (κ2) is 8.39. The minimum absolute atomic E-state index is 0.00436. The van der Waals surface area contributed by atoms with Gasteiger partial charge in [0.2, 0.25) is 10.0 Å². The summed E-state index contributed by atoms with van der Waals surface area (Å²) in [7, 11) is -1.81. The number of rotatable bonds is 9. The van der Waals surface area contributed by atoms with Gasteiger partial charge in [0.1, 0.15) is 6.17 Å². The first-order valence-corrected chi connectivity index (χ1v) is 11.0. The Morgan fingerprint density at radius 3 is 2.19 bits per heavy atom. The molecule has 1 aliphatic rings. The van der Waals surface area contributed by atoms with Crippen LogP contribution in [0.5, 0.6) is 0 Å². The zero-order valence-corrected chi connectivity index (χ0v) is 18.3. The molecule has 0 aromatic heterocycles. The van der Waals surface area contributed by atoms with E-state index in [-0.39, 0.29) is 24.2 Å². The third kappa shape index (κ3) is 6.12. The highest BCUT2D eigenvalue weighted by Gasteiger charge is 2.45. The summed E-state index contributed by atoms with van der Waals surface area (Å²) in [5.74, 6) is 0. The summed E-state index contributed by atoms with van der Waals surface area (Å²) in [5, 5.41) is 9.75. The largest absolute Gasteiger partial charge is 0.389 e. The van der Waals surface area contributed by atoms with Crippen molar-refractivity contribution in [1.82, 2.24) is 9.21 Å². The third-order valence-electron chi connectivity index (χ3n) is 5.42. The Bertz CT molecular complexity index is 556. The molecule has 1 N–H and O–H groups in total. The van der Waals surface area contributed by atoms with E-state index in [1.807, 2.05) is 46.4 Å². The number of hydrogen-bond acceptors (Lipinski definition) is 5. The minimum Gasteiger partial charge on any atom is -0.389 e. The van der Waals surface area contributed by atoms with Crippen LogP contribution >= 0.6 is 0 Å². The minimum atomic E-state index is -3.39. The van der Waals surface area contributed by atoms with Gasteiger partial charge in [-0.2, -0.15) is 4.31 Å². The maximum Gasteiger partial charge on any atom is 0.211 e. The van der Waals surface area contributed by atoms with Gasteiger partial charge in [0.05, 0.1) is 31.1 Å². The predicted octanol–water partition coefficient (Wildman–Crippen LogP) is 1.88.